The largest absolute Gasteiger partial charge is 0.469 e. The van der Waals surface area contributed by atoms with E-state index < -0.39 is 11.9 Å². The van der Waals surface area contributed by atoms with Crippen LogP contribution in [-0.4, -0.2) is 38.6 Å². The number of benzene rings is 1. The van der Waals surface area contributed by atoms with Crippen LogP contribution in [0, 0.1) is 0 Å². The third kappa shape index (κ3) is 4.75. The Kier molecular flexibility index (Phi) is 6.68. The molecule has 1 unspecified atom stereocenters. The monoisotopic (exact) mass is 293 g/mol. The fourth-order valence-corrected chi connectivity index (χ4v) is 2.24. The molecule has 21 heavy (non-hydrogen) atoms. The van der Waals surface area contributed by atoms with E-state index in [4.69, 9.17) is 16.2 Å². The summed E-state index contributed by atoms with van der Waals surface area (Å²) in [5, 5.41) is 0. The summed E-state index contributed by atoms with van der Waals surface area (Å²) in [5.41, 5.74) is 12.6. The molecule has 116 valence electrons. The van der Waals surface area contributed by atoms with E-state index in [1.165, 1.54) is 7.11 Å². The number of para-hydroxylation sites is 1. The highest BCUT2D eigenvalue weighted by Crippen LogP contribution is 2.23. The summed E-state index contributed by atoms with van der Waals surface area (Å²) in [6.07, 6.45) is 1.44. The smallest absolute Gasteiger partial charge is 0.310 e. The Morgan fingerprint density at radius 1 is 1.33 bits per heavy atom. The van der Waals surface area contributed by atoms with Gasteiger partial charge in [0.1, 0.15) is 6.04 Å². The third-order valence-corrected chi connectivity index (χ3v) is 3.41. The summed E-state index contributed by atoms with van der Waals surface area (Å²) in [4.78, 5) is 24.9. The molecule has 4 N–H and O–H groups in total. The van der Waals surface area contributed by atoms with Gasteiger partial charge in [-0.05, 0) is 31.0 Å². The van der Waals surface area contributed by atoms with Gasteiger partial charge in [0, 0.05) is 12.7 Å². The highest BCUT2D eigenvalue weighted by Gasteiger charge is 2.22. The van der Waals surface area contributed by atoms with Gasteiger partial charge in [-0.25, -0.2) is 0 Å². The molecule has 1 aromatic rings. The summed E-state index contributed by atoms with van der Waals surface area (Å²) in [6, 6.07) is 6.94. The number of hydrogen-bond donors (Lipinski definition) is 2. The maximum absolute atomic E-state index is 11.7. The summed E-state index contributed by atoms with van der Waals surface area (Å²) in [6.45, 7) is 0.501. The molecule has 1 aromatic carbocycles. The van der Waals surface area contributed by atoms with Gasteiger partial charge in [0.25, 0.3) is 0 Å². The standard InChI is InChI=1S/C15H23N3O3/c1-18(13(15(17)20)8-5-9-16)12-7-4-3-6-11(12)10-14(19)21-2/h3-4,6-7,13H,5,8-10,16H2,1-2H3,(H2,17,20). The zero-order valence-corrected chi connectivity index (χ0v) is 12.5. The van der Waals surface area contributed by atoms with Crippen LogP contribution >= 0.6 is 0 Å². The molecule has 0 aliphatic carbocycles. The maximum Gasteiger partial charge on any atom is 0.310 e. The maximum atomic E-state index is 11.7. The first-order valence-corrected chi connectivity index (χ1v) is 6.88. The van der Waals surface area contributed by atoms with E-state index in [0.717, 1.165) is 11.3 Å². The van der Waals surface area contributed by atoms with Crippen LogP contribution < -0.4 is 16.4 Å². The Bertz CT molecular complexity index is 491. The predicted molar refractivity (Wildman–Crippen MR) is 81.8 cm³/mol. The third-order valence-electron chi connectivity index (χ3n) is 3.41. The van der Waals surface area contributed by atoms with Gasteiger partial charge < -0.3 is 21.1 Å². The minimum Gasteiger partial charge on any atom is -0.469 e. The van der Waals surface area contributed by atoms with Gasteiger partial charge >= 0.3 is 5.97 Å². The highest BCUT2D eigenvalue weighted by molar-refractivity contribution is 5.84. The molecule has 1 amide bonds. The number of nitrogens with zero attached hydrogens (tertiary/aromatic N) is 1. The van der Waals surface area contributed by atoms with Crippen molar-refractivity contribution in [1.29, 1.82) is 0 Å². The number of hydrogen-bond acceptors (Lipinski definition) is 5. The summed E-state index contributed by atoms with van der Waals surface area (Å²) in [7, 11) is 3.14. The second kappa shape index (κ2) is 8.26. The lowest BCUT2D eigenvalue weighted by molar-refractivity contribution is -0.139. The van der Waals surface area contributed by atoms with Crippen LogP contribution in [0.15, 0.2) is 24.3 Å². The Labute approximate surface area is 125 Å². The lowest BCUT2D eigenvalue weighted by Gasteiger charge is -2.29. The van der Waals surface area contributed by atoms with Crippen molar-refractivity contribution in [3.63, 3.8) is 0 Å². The van der Waals surface area contributed by atoms with Gasteiger partial charge in [-0.3, -0.25) is 9.59 Å². The number of anilines is 1. The van der Waals surface area contributed by atoms with Gasteiger partial charge in [0.05, 0.1) is 13.5 Å². The molecule has 0 radical (unpaired) electrons. The number of amides is 1. The minimum absolute atomic E-state index is 0.152. The van der Waals surface area contributed by atoms with Crippen molar-refractivity contribution < 1.29 is 14.3 Å². The van der Waals surface area contributed by atoms with Gasteiger partial charge in [-0.1, -0.05) is 18.2 Å². The van der Waals surface area contributed by atoms with E-state index in [-0.39, 0.29) is 12.4 Å². The summed E-state index contributed by atoms with van der Waals surface area (Å²) < 4.78 is 4.70. The first-order valence-electron chi connectivity index (χ1n) is 6.88. The number of carbonyl (C=O) groups excluding carboxylic acids is 2. The van der Waals surface area contributed by atoms with Crippen molar-refractivity contribution in [3.8, 4) is 0 Å². The van der Waals surface area contributed by atoms with Gasteiger partial charge in [0.15, 0.2) is 0 Å². The molecule has 0 spiro atoms. The average Bonchev–Trinajstić information content (AvgIpc) is 2.47. The van der Waals surface area contributed by atoms with Crippen LogP contribution in [0.4, 0.5) is 5.69 Å². The van der Waals surface area contributed by atoms with Crippen LogP contribution in [0.3, 0.4) is 0 Å². The highest BCUT2D eigenvalue weighted by atomic mass is 16.5. The van der Waals surface area contributed by atoms with Crippen LogP contribution in [0.2, 0.25) is 0 Å². The number of likely N-dealkylation sites (N-methyl/N-ethyl adjacent to an activating group) is 1. The molecule has 1 rings (SSSR count). The Morgan fingerprint density at radius 2 is 2.00 bits per heavy atom. The summed E-state index contributed by atoms with van der Waals surface area (Å²) >= 11 is 0. The number of nitrogens with two attached hydrogens (primary N) is 2. The number of ether oxygens (including phenoxy) is 1. The first-order chi connectivity index (χ1) is 10.0. The van der Waals surface area contributed by atoms with E-state index in [0.29, 0.717) is 19.4 Å². The zero-order valence-electron chi connectivity index (χ0n) is 12.5. The molecular weight excluding hydrogens is 270 g/mol. The molecule has 0 aliphatic rings. The van der Waals surface area contributed by atoms with E-state index in [1.807, 2.05) is 24.3 Å². The Hall–Kier alpha value is -2.08. The quantitative estimate of drug-likeness (QED) is 0.677. The second-order valence-electron chi connectivity index (χ2n) is 4.84. The topological polar surface area (TPSA) is 98.7 Å². The average molecular weight is 293 g/mol. The fourth-order valence-electron chi connectivity index (χ4n) is 2.24. The predicted octanol–water partition coefficient (Wildman–Crippen LogP) is 0.431. The Morgan fingerprint density at radius 3 is 2.57 bits per heavy atom. The van der Waals surface area contributed by atoms with Crippen LogP contribution in [-0.2, 0) is 20.7 Å². The van der Waals surface area contributed by atoms with Crippen LogP contribution in [0.5, 0.6) is 0 Å². The molecule has 6 nitrogen and oxygen atoms in total. The molecule has 0 aliphatic heterocycles. The van der Waals surface area contributed by atoms with Crippen molar-refractivity contribution >= 4 is 17.6 Å². The molecule has 6 heteroatoms. The first kappa shape index (κ1) is 17.0. The van der Waals surface area contributed by atoms with E-state index in [1.54, 1.807) is 11.9 Å². The lowest BCUT2D eigenvalue weighted by atomic mass is 10.0. The van der Waals surface area contributed by atoms with Gasteiger partial charge in [0.2, 0.25) is 5.91 Å². The molecule has 0 bridgehead atoms. The molecular formula is C15H23N3O3. The van der Waals surface area contributed by atoms with Crippen LogP contribution in [0.1, 0.15) is 18.4 Å². The van der Waals surface area contributed by atoms with Crippen molar-refractivity contribution in [2.75, 3.05) is 25.6 Å². The molecule has 0 aromatic heterocycles. The fraction of sp³-hybridized carbons (Fsp3) is 0.467. The molecule has 1 atom stereocenters. The number of carbonyl (C=O) groups is 2. The Balaban J connectivity index is 3.01. The lowest BCUT2D eigenvalue weighted by Crippen LogP contribution is -2.43. The van der Waals surface area contributed by atoms with Crippen LogP contribution in [0.25, 0.3) is 0 Å². The number of methoxy groups -OCH3 is 1. The van der Waals surface area contributed by atoms with E-state index in [9.17, 15) is 9.59 Å². The van der Waals surface area contributed by atoms with Gasteiger partial charge in [-0.15, -0.1) is 0 Å². The molecule has 0 fully saturated rings. The number of esters is 1. The SMILES string of the molecule is COC(=O)Cc1ccccc1N(C)C(CCCN)C(N)=O. The summed E-state index contributed by atoms with van der Waals surface area (Å²) in [5.74, 6) is -0.729. The van der Waals surface area contributed by atoms with E-state index in [2.05, 4.69) is 0 Å². The number of rotatable bonds is 8. The van der Waals surface area contributed by atoms with Crippen molar-refractivity contribution in [2.45, 2.75) is 25.3 Å². The normalized spacial score (nSPS) is 11.8. The molecule has 0 saturated carbocycles. The van der Waals surface area contributed by atoms with Gasteiger partial charge in [-0.2, -0.15) is 0 Å². The van der Waals surface area contributed by atoms with Crippen molar-refractivity contribution in [3.05, 3.63) is 29.8 Å². The van der Waals surface area contributed by atoms with Crippen molar-refractivity contribution in [1.82, 2.24) is 0 Å². The molecule has 0 heterocycles. The number of primary amides is 1. The van der Waals surface area contributed by atoms with Crippen molar-refractivity contribution in [2.24, 2.45) is 11.5 Å². The molecule has 0 saturated heterocycles. The second-order valence-corrected chi connectivity index (χ2v) is 4.84. The van der Waals surface area contributed by atoms with E-state index >= 15 is 0 Å². The minimum atomic E-state index is -0.452. The zero-order chi connectivity index (χ0) is 15.8.